The van der Waals surface area contributed by atoms with E-state index in [1.807, 2.05) is 54.6 Å². The normalized spacial score (nSPS) is 13.6. The van der Waals surface area contributed by atoms with Gasteiger partial charge in [0, 0.05) is 43.2 Å². The second-order valence-corrected chi connectivity index (χ2v) is 8.49. The summed E-state index contributed by atoms with van der Waals surface area (Å²) >= 11 is 0. The number of hydrogen-bond donors (Lipinski definition) is 1. The molecule has 0 bridgehead atoms. The van der Waals surface area contributed by atoms with E-state index in [-0.39, 0.29) is 5.91 Å². The average molecular weight is 468 g/mol. The molecule has 0 unspecified atom stereocenters. The Labute approximate surface area is 205 Å². The zero-order valence-electron chi connectivity index (χ0n) is 19.9. The van der Waals surface area contributed by atoms with Gasteiger partial charge in [-0.15, -0.1) is 0 Å². The first kappa shape index (κ1) is 22.8. The van der Waals surface area contributed by atoms with E-state index in [1.165, 1.54) is 5.56 Å². The van der Waals surface area contributed by atoms with Crippen LogP contribution >= 0.6 is 0 Å². The van der Waals surface area contributed by atoms with Gasteiger partial charge in [-0.25, -0.2) is 9.67 Å². The van der Waals surface area contributed by atoms with Crippen LogP contribution in [-0.4, -0.2) is 47.0 Å². The van der Waals surface area contributed by atoms with Crippen molar-refractivity contribution in [2.75, 3.05) is 31.2 Å². The van der Waals surface area contributed by atoms with Crippen LogP contribution in [0.2, 0.25) is 0 Å². The van der Waals surface area contributed by atoms with E-state index in [0.29, 0.717) is 31.0 Å². The van der Waals surface area contributed by atoms with E-state index in [4.69, 9.17) is 9.84 Å². The van der Waals surface area contributed by atoms with Crippen molar-refractivity contribution in [2.45, 2.75) is 19.9 Å². The van der Waals surface area contributed by atoms with Gasteiger partial charge in [-0.05, 0) is 30.2 Å². The molecule has 0 saturated carbocycles. The van der Waals surface area contributed by atoms with Gasteiger partial charge in [0.2, 0.25) is 0 Å². The topological polar surface area (TPSA) is 72.3 Å². The van der Waals surface area contributed by atoms with Crippen LogP contribution in [0.15, 0.2) is 79.1 Å². The fourth-order valence-corrected chi connectivity index (χ4v) is 4.26. The molecule has 1 N–H and O–H groups in total. The molecular formula is C28H29N5O2. The minimum Gasteiger partial charge on any atom is -0.378 e. The summed E-state index contributed by atoms with van der Waals surface area (Å²) in [6, 6.07) is 22.0. The number of aryl methyl sites for hydroxylation is 1. The van der Waals surface area contributed by atoms with Gasteiger partial charge in [0.25, 0.3) is 5.91 Å². The number of ether oxygens (including phenoxy) is 1. The van der Waals surface area contributed by atoms with Crippen LogP contribution in [0.3, 0.4) is 0 Å². The molecule has 1 fully saturated rings. The van der Waals surface area contributed by atoms with Crippen molar-refractivity contribution in [3.05, 3.63) is 95.8 Å². The molecule has 2 aromatic heterocycles. The van der Waals surface area contributed by atoms with Gasteiger partial charge in [-0.2, -0.15) is 5.10 Å². The molecule has 1 saturated heterocycles. The van der Waals surface area contributed by atoms with Crippen molar-refractivity contribution in [3.8, 4) is 16.9 Å². The molecule has 7 heteroatoms. The average Bonchev–Trinajstić information content (AvgIpc) is 3.39. The third-order valence-corrected chi connectivity index (χ3v) is 6.23. The number of anilines is 1. The van der Waals surface area contributed by atoms with Crippen LogP contribution in [-0.2, 0) is 17.7 Å². The predicted molar refractivity (Wildman–Crippen MR) is 137 cm³/mol. The van der Waals surface area contributed by atoms with Gasteiger partial charge in [0.15, 0.2) is 0 Å². The fourth-order valence-electron chi connectivity index (χ4n) is 4.26. The molecule has 0 spiro atoms. The highest BCUT2D eigenvalue weighted by molar-refractivity contribution is 6.00. The molecule has 0 atom stereocenters. The quantitative estimate of drug-likeness (QED) is 0.440. The summed E-state index contributed by atoms with van der Waals surface area (Å²) in [6.07, 6.45) is 4.56. The molecule has 178 valence electrons. The highest BCUT2D eigenvalue weighted by Gasteiger charge is 2.20. The van der Waals surface area contributed by atoms with Gasteiger partial charge in [0.1, 0.15) is 11.5 Å². The summed E-state index contributed by atoms with van der Waals surface area (Å²) in [7, 11) is 0. The lowest BCUT2D eigenvalue weighted by Crippen LogP contribution is -2.37. The molecule has 1 aliphatic heterocycles. The Hall–Kier alpha value is -3.97. The predicted octanol–water partition coefficient (Wildman–Crippen LogP) is 4.26. The first-order valence-electron chi connectivity index (χ1n) is 12.0. The zero-order chi connectivity index (χ0) is 24.0. The summed E-state index contributed by atoms with van der Waals surface area (Å²) in [6.45, 7) is 5.45. The smallest absolute Gasteiger partial charge is 0.255 e. The number of nitrogens with one attached hydrogen (secondary N) is 1. The van der Waals surface area contributed by atoms with E-state index >= 15 is 0 Å². The number of hydrogen-bond acceptors (Lipinski definition) is 5. The summed E-state index contributed by atoms with van der Waals surface area (Å²) in [5.74, 6) is 0.727. The van der Waals surface area contributed by atoms with Crippen LogP contribution in [0.4, 0.5) is 5.82 Å². The molecule has 1 aliphatic rings. The van der Waals surface area contributed by atoms with Gasteiger partial charge in [0.05, 0.1) is 24.5 Å². The molecule has 2 aromatic carbocycles. The van der Waals surface area contributed by atoms with Crippen LogP contribution in [0.25, 0.3) is 16.9 Å². The Morgan fingerprint density at radius 2 is 1.77 bits per heavy atom. The molecule has 1 amide bonds. The second kappa shape index (κ2) is 10.5. The number of nitrogens with zero attached hydrogens (tertiary/aromatic N) is 4. The number of morpholine rings is 1. The molecular weight excluding hydrogens is 438 g/mol. The maximum Gasteiger partial charge on any atom is 0.255 e. The monoisotopic (exact) mass is 467 g/mol. The van der Waals surface area contributed by atoms with Gasteiger partial charge in [-0.3, -0.25) is 4.79 Å². The van der Waals surface area contributed by atoms with Crippen molar-refractivity contribution in [1.82, 2.24) is 20.1 Å². The number of carbonyl (C=O) groups excluding carboxylic acids is 1. The van der Waals surface area contributed by atoms with Gasteiger partial charge in [-0.1, -0.05) is 55.5 Å². The lowest BCUT2D eigenvalue weighted by Gasteiger charge is -2.29. The number of amides is 1. The van der Waals surface area contributed by atoms with E-state index in [9.17, 15) is 4.79 Å². The standard InChI is InChI=1S/C28H29N5O2/c1-2-21-10-12-22(13-11-21)26-25(20-33(31-26)24-8-4-3-5-9-24)28(34)30-19-23-7-6-14-29-27(23)32-15-17-35-18-16-32/h3-14,20H,2,15-19H2,1H3,(H,30,34). The van der Waals surface area contributed by atoms with Crippen molar-refractivity contribution in [3.63, 3.8) is 0 Å². The fraction of sp³-hybridized carbons (Fsp3) is 0.250. The van der Waals surface area contributed by atoms with Crippen molar-refractivity contribution in [1.29, 1.82) is 0 Å². The van der Waals surface area contributed by atoms with Crippen molar-refractivity contribution in [2.24, 2.45) is 0 Å². The van der Waals surface area contributed by atoms with Crippen LogP contribution < -0.4 is 10.2 Å². The SMILES string of the molecule is CCc1ccc(-c2nn(-c3ccccc3)cc2C(=O)NCc2cccnc2N2CCOCC2)cc1. The number of aromatic nitrogens is 3. The Morgan fingerprint density at radius 1 is 1.00 bits per heavy atom. The maximum atomic E-state index is 13.4. The van der Waals surface area contributed by atoms with E-state index in [0.717, 1.165) is 42.1 Å². The van der Waals surface area contributed by atoms with Crippen molar-refractivity contribution >= 4 is 11.7 Å². The Bertz CT molecular complexity index is 1280. The zero-order valence-corrected chi connectivity index (χ0v) is 19.9. The molecule has 7 nitrogen and oxygen atoms in total. The highest BCUT2D eigenvalue weighted by atomic mass is 16.5. The largest absolute Gasteiger partial charge is 0.378 e. The number of para-hydroxylation sites is 1. The first-order chi connectivity index (χ1) is 17.2. The molecule has 3 heterocycles. The summed E-state index contributed by atoms with van der Waals surface area (Å²) < 4.78 is 7.24. The van der Waals surface area contributed by atoms with E-state index in [1.54, 1.807) is 17.1 Å². The Balaban J connectivity index is 1.42. The second-order valence-electron chi connectivity index (χ2n) is 8.49. The lowest BCUT2D eigenvalue weighted by molar-refractivity contribution is 0.0951. The maximum absolute atomic E-state index is 13.4. The number of pyridine rings is 1. The number of rotatable bonds is 7. The summed E-state index contributed by atoms with van der Waals surface area (Å²) in [5, 5.41) is 7.90. The van der Waals surface area contributed by atoms with E-state index < -0.39 is 0 Å². The summed E-state index contributed by atoms with van der Waals surface area (Å²) in [5.41, 5.74) is 5.24. The van der Waals surface area contributed by atoms with Gasteiger partial charge < -0.3 is 15.0 Å². The Kier molecular flexibility index (Phi) is 6.86. The summed E-state index contributed by atoms with van der Waals surface area (Å²) in [4.78, 5) is 20.2. The van der Waals surface area contributed by atoms with Gasteiger partial charge >= 0.3 is 0 Å². The third-order valence-electron chi connectivity index (χ3n) is 6.23. The molecule has 4 aromatic rings. The Morgan fingerprint density at radius 3 is 2.51 bits per heavy atom. The molecule has 0 radical (unpaired) electrons. The molecule has 5 rings (SSSR count). The van der Waals surface area contributed by atoms with Crippen LogP contribution in [0.5, 0.6) is 0 Å². The highest BCUT2D eigenvalue weighted by Crippen LogP contribution is 2.25. The molecule has 35 heavy (non-hydrogen) atoms. The lowest BCUT2D eigenvalue weighted by atomic mass is 10.0. The molecule has 0 aliphatic carbocycles. The number of benzene rings is 2. The van der Waals surface area contributed by atoms with E-state index in [2.05, 4.69) is 34.3 Å². The van der Waals surface area contributed by atoms with Crippen LogP contribution in [0.1, 0.15) is 28.4 Å². The number of carbonyl (C=O) groups is 1. The van der Waals surface area contributed by atoms with Crippen LogP contribution in [0, 0.1) is 0 Å². The third kappa shape index (κ3) is 5.10. The minimum atomic E-state index is -0.168. The van der Waals surface area contributed by atoms with Crippen molar-refractivity contribution < 1.29 is 9.53 Å². The minimum absolute atomic E-state index is 0.168. The first-order valence-corrected chi connectivity index (χ1v) is 12.0.